The van der Waals surface area contributed by atoms with E-state index in [4.69, 9.17) is 5.11 Å². The molecule has 0 unspecified atom stereocenters. The van der Waals surface area contributed by atoms with Gasteiger partial charge in [0.05, 0.1) is 0 Å². The molecule has 1 aromatic carbocycles. The van der Waals surface area contributed by atoms with Crippen LogP contribution in [-0.4, -0.2) is 16.6 Å². The molecule has 0 aromatic heterocycles. The highest BCUT2D eigenvalue weighted by atomic mass is 16.4. The van der Waals surface area contributed by atoms with Crippen LogP contribution < -0.4 is 5.32 Å². The number of carboxylic acid groups (broad SMARTS) is 1. The molecular formula is C13H19NO2. The number of nitrogens with one attached hydrogen (secondary N) is 1. The van der Waals surface area contributed by atoms with E-state index in [0.717, 1.165) is 16.8 Å². The van der Waals surface area contributed by atoms with Gasteiger partial charge in [-0.2, -0.15) is 0 Å². The topological polar surface area (TPSA) is 49.3 Å². The average Bonchev–Trinajstić information content (AvgIpc) is 2.11. The summed E-state index contributed by atoms with van der Waals surface area (Å²) in [6.45, 7) is 9.33. The number of anilines is 1. The van der Waals surface area contributed by atoms with Crippen molar-refractivity contribution in [1.82, 2.24) is 0 Å². The summed E-state index contributed by atoms with van der Waals surface area (Å²) in [5.41, 5.74) is 3.30. The fourth-order valence-electron chi connectivity index (χ4n) is 1.74. The lowest BCUT2D eigenvalue weighted by molar-refractivity contribution is -0.141. The van der Waals surface area contributed by atoms with Crippen LogP contribution in [0, 0.1) is 20.8 Å². The van der Waals surface area contributed by atoms with E-state index in [0.29, 0.717) is 0 Å². The Hall–Kier alpha value is -1.51. The molecule has 3 heteroatoms. The Kier molecular flexibility index (Phi) is 3.27. The van der Waals surface area contributed by atoms with Crippen molar-refractivity contribution in [1.29, 1.82) is 0 Å². The molecule has 0 atom stereocenters. The SMILES string of the molecule is Cc1cc(C)c(NC(C)(C)C(=O)O)c(C)c1. The van der Waals surface area contributed by atoms with Crippen LogP contribution in [-0.2, 0) is 4.79 Å². The molecule has 2 N–H and O–H groups in total. The molecule has 0 aliphatic carbocycles. The lowest BCUT2D eigenvalue weighted by Crippen LogP contribution is -2.40. The number of carbonyl (C=O) groups is 1. The van der Waals surface area contributed by atoms with E-state index < -0.39 is 11.5 Å². The molecule has 0 fully saturated rings. The Bertz CT molecular complexity index is 399. The van der Waals surface area contributed by atoms with Crippen molar-refractivity contribution in [3.05, 3.63) is 28.8 Å². The zero-order valence-corrected chi connectivity index (χ0v) is 10.5. The maximum atomic E-state index is 11.1. The van der Waals surface area contributed by atoms with Crippen LogP contribution in [0.5, 0.6) is 0 Å². The molecule has 0 spiro atoms. The molecular weight excluding hydrogens is 202 g/mol. The zero-order valence-electron chi connectivity index (χ0n) is 10.5. The second-order valence-corrected chi connectivity index (χ2v) is 4.83. The first-order valence-electron chi connectivity index (χ1n) is 5.33. The van der Waals surface area contributed by atoms with Gasteiger partial charge in [-0.15, -0.1) is 0 Å². The average molecular weight is 221 g/mol. The first-order valence-corrected chi connectivity index (χ1v) is 5.33. The van der Waals surface area contributed by atoms with Gasteiger partial charge in [-0.1, -0.05) is 17.7 Å². The standard InChI is InChI=1S/C13H19NO2/c1-8-6-9(2)11(10(3)7-8)14-13(4,5)12(15)16/h6-7,14H,1-5H3,(H,15,16). The van der Waals surface area contributed by atoms with Crippen molar-refractivity contribution in [2.24, 2.45) is 0 Å². The molecule has 3 nitrogen and oxygen atoms in total. The molecule has 88 valence electrons. The highest BCUT2D eigenvalue weighted by Crippen LogP contribution is 2.25. The van der Waals surface area contributed by atoms with Gasteiger partial charge in [-0.3, -0.25) is 0 Å². The zero-order chi connectivity index (χ0) is 12.5. The fraction of sp³-hybridized carbons (Fsp3) is 0.462. The monoisotopic (exact) mass is 221 g/mol. The maximum absolute atomic E-state index is 11.1. The van der Waals surface area contributed by atoms with Crippen LogP contribution in [0.1, 0.15) is 30.5 Å². The Labute approximate surface area is 96.5 Å². The summed E-state index contributed by atoms with van der Waals surface area (Å²) in [7, 11) is 0. The molecule has 0 saturated heterocycles. The van der Waals surface area contributed by atoms with Gasteiger partial charge in [-0.25, -0.2) is 4.79 Å². The van der Waals surface area contributed by atoms with Crippen LogP contribution in [0.3, 0.4) is 0 Å². The Morgan fingerprint density at radius 3 is 2.00 bits per heavy atom. The summed E-state index contributed by atoms with van der Waals surface area (Å²) >= 11 is 0. The molecule has 16 heavy (non-hydrogen) atoms. The van der Waals surface area contributed by atoms with Gasteiger partial charge in [0, 0.05) is 5.69 Å². The van der Waals surface area contributed by atoms with E-state index in [2.05, 4.69) is 5.32 Å². The number of hydrogen-bond donors (Lipinski definition) is 2. The Balaban J connectivity index is 3.11. The van der Waals surface area contributed by atoms with Crippen molar-refractivity contribution in [2.45, 2.75) is 40.2 Å². The van der Waals surface area contributed by atoms with Gasteiger partial charge in [0.2, 0.25) is 0 Å². The van der Waals surface area contributed by atoms with E-state index in [-0.39, 0.29) is 0 Å². The predicted molar refractivity (Wildman–Crippen MR) is 66.0 cm³/mol. The minimum absolute atomic E-state index is 0.855. The van der Waals surface area contributed by atoms with Crippen molar-refractivity contribution in [3.63, 3.8) is 0 Å². The third-order valence-electron chi connectivity index (χ3n) is 2.65. The van der Waals surface area contributed by atoms with Crippen LogP contribution in [0.2, 0.25) is 0 Å². The van der Waals surface area contributed by atoms with Crippen molar-refractivity contribution in [2.75, 3.05) is 5.32 Å². The van der Waals surface area contributed by atoms with Gasteiger partial charge in [0.1, 0.15) is 5.54 Å². The number of hydrogen-bond acceptors (Lipinski definition) is 2. The molecule has 1 aromatic rings. The number of aliphatic carboxylic acids is 1. The summed E-state index contributed by atoms with van der Waals surface area (Å²) in [4.78, 5) is 11.1. The predicted octanol–water partition coefficient (Wildman–Crippen LogP) is 2.89. The van der Waals surface area contributed by atoms with Crippen molar-refractivity contribution < 1.29 is 9.90 Å². The number of benzene rings is 1. The lowest BCUT2D eigenvalue weighted by Gasteiger charge is -2.25. The van der Waals surface area contributed by atoms with Crippen LogP contribution in [0.4, 0.5) is 5.69 Å². The molecule has 0 aliphatic heterocycles. The molecule has 0 heterocycles. The minimum atomic E-state index is -0.954. The summed E-state index contributed by atoms with van der Waals surface area (Å²) in [5.74, 6) is -0.855. The summed E-state index contributed by atoms with van der Waals surface area (Å²) in [6, 6.07) is 4.10. The van der Waals surface area contributed by atoms with E-state index in [1.54, 1.807) is 13.8 Å². The van der Waals surface area contributed by atoms with Gasteiger partial charge in [0.25, 0.3) is 0 Å². The van der Waals surface area contributed by atoms with Crippen molar-refractivity contribution >= 4 is 11.7 Å². The Morgan fingerprint density at radius 2 is 1.62 bits per heavy atom. The smallest absolute Gasteiger partial charge is 0.328 e. The van der Waals surface area contributed by atoms with E-state index in [1.807, 2.05) is 32.9 Å². The largest absolute Gasteiger partial charge is 0.480 e. The number of rotatable bonds is 3. The third kappa shape index (κ3) is 2.54. The van der Waals surface area contributed by atoms with E-state index in [9.17, 15) is 4.79 Å². The first-order chi connectivity index (χ1) is 7.24. The normalized spacial score (nSPS) is 11.3. The Morgan fingerprint density at radius 1 is 1.19 bits per heavy atom. The maximum Gasteiger partial charge on any atom is 0.328 e. The molecule has 0 bridgehead atoms. The van der Waals surface area contributed by atoms with E-state index in [1.165, 1.54) is 5.56 Å². The number of carboxylic acids is 1. The molecule has 0 amide bonds. The first kappa shape index (κ1) is 12.6. The van der Waals surface area contributed by atoms with Gasteiger partial charge in [-0.05, 0) is 45.7 Å². The third-order valence-corrected chi connectivity index (χ3v) is 2.65. The van der Waals surface area contributed by atoms with Crippen LogP contribution in [0.15, 0.2) is 12.1 Å². The highest BCUT2D eigenvalue weighted by Gasteiger charge is 2.27. The number of aryl methyl sites for hydroxylation is 3. The molecule has 1 rings (SSSR count). The summed E-state index contributed by atoms with van der Waals surface area (Å²) in [6.07, 6.45) is 0. The fourth-order valence-corrected chi connectivity index (χ4v) is 1.74. The molecule has 0 saturated carbocycles. The molecule has 0 radical (unpaired) electrons. The quantitative estimate of drug-likeness (QED) is 0.825. The van der Waals surface area contributed by atoms with Crippen molar-refractivity contribution in [3.8, 4) is 0 Å². The minimum Gasteiger partial charge on any atom is -0.480 e. The van der Waals surface area contributed by atoms with Crippen LogP contribution in [0.25, 0.3) is 0 Å². The van der Waals surface area contributed by atoms with Gasteiger partial charge < -0.3 is 10.4 Å². The highest BCUT2D eigenvalue weighted by molar-refractivity contribution is 5.82. The van der Waals surface area contributed by atoms with Gasteiger partial charge >= 0.3 is 5.97 Å². The van der Waals surface area contributed by atoms with Crippen LogP contribution >= 0.6 is 0 Å². The van der Waals surface area contributed by atoms with E-state index >= 15 is 0 Å². The molecule has 0 aliphatic rings. The lowest BCUT2D eigenvalue weighted by atomic mass is 10.0. The second kappa shape index (κ2) is 4.16. The summed E-state index contributed by atoms with van der Waals surface area (Å²) < 4.78 is 0. The van der Waals surface area contributed by atoms with Gasteiger partial charge in [0.15, 0.2) is 0 Å². The second-order valence-electron chi connectivity index (χ2n) is 4.83. The summed E-state index contributed by atoms with van der Waals surface area (Å²) in [5, 5.41) is 12.2.